The molecule has 0 aromatic heterocycles. The summed E-state index contributed by atoms with van der Waals surface area (Å²) in [6.07, 6.45) is 0. The van der Waals surface area contributed by atoms with Gasteiger partial charge in [-0.15, -0.1) is 0 Å². The highest BCUT2D eigenvalue weighted by molar-refractivity contribution is 5.40. The molecule has 1 aliphatic carbocycles. The van der Waals surface area contributed by atoms with Crippen molar-refractivity contribution in [2.45, 2.75) is 35.2 Å². The molecule has 0 bridgehead atoms. The van der Waals surface area contributed by atoms with Crippen molar-refractivity contribution in [1.29, 1.82) is 0 Å². The molecule has 1 fully saturated rings. The highest BCUT2D eigenvalue weighted by atomic mass is 19.4. The molecule has 1 aromatic carbocycles. The first kappa shape index (κ1) is 22.4. The van der Waals surface area contributed by atoms with Crippen LogP contribution >= 0.6 is 0 Å². The molecule has 0 heterocycles. The second-order valence-corrected chi connectivity index (χ2v) is 5.53. The number of alkyl halides is 10. The summed E-state index contributed by atoms with van der Waals surface area (Å²) in [5, 5.41) is 9.27. The quantitative estimate of drug-likeness (QED) is 0.375. The van der Waals surface area contributed by atoms with E-state index < -0.39 is 69.9 Å². The zero-order valence-electron chi connectivity index (χ0n) is 12.1. The van der Waals surface area contributed by atoms with Gasteiger partial charge in [-0.05, 0) is 0 Å². The first-order valence-electron chi connectivity index (χ1n) is 6.31. The summed E-state index contributed by atoms with van der Waals surface area (Å²) in [5.74, 6) is -55.8. The van der Waals surface area contributed by atoms with Gasteiger partial charge in [-0.3, -0.25) is 0 Å². The number of aliphatic hydroxyl groups is 1. The minimum absolute atomic E-state index is 3.24. The lowest BCUT2D eigenvalue weighted by Gasteiger charge is -2.53. The van der Waals surface area contributed by atoms with Crippen LogP contribution in [0.2, 0.25) is 0 Å². The summed E-state index contributed by atoms with van der Waals surface area (Å²) < 4.78 is 201. The van der Waals surface area contributed by atoms with Crippen LogP contribution in [0.15, 0.2) is 0 Å². The van der Waals surface area contributed by atoms with Gasteiger partial charge in [0.2, 0.25) is 11.4 Å². The third-order valence-corrected chi connectivity index (χ3v) is 4.06. The van der Waals surface area contributed by atoms with E-state index in [0.29, 0.717) is 0 Å². The summed E-state index contributed by atoms with van der Waals surface area (Å²) in [7, 11) is 0. The third kappa shape index (κ3) is 1.91. The topological polar surface area (TPSA) is 20.2 Å². The number of benzene rings is 1. The Balaban J connectivity index is 3.14. The Morgan fingerprint density at radius 2 is 0.607 bits per heavy atom. The van der Waals surface area contributed by atoms with E-state index in [0.717, 1.165) is 0 Å². The van der Waals surface area contributed by atoms with Crippen molar-refractivity contribution in [3.8, 4) is 0 Å². The van der Waals surface area contributed by atoms with Crippen molar-refractivity contribution in [3.63, 3.8) is 0 Å². The monoisotopic (exact) mass is 446 g/mol. The molecule has 0 saturated heterocycles. The summed E-state index contributed by atoms with van der Waals surface area (Å²) in [4.78, 5) is 0. The van der Waals surface area contributed by atoms with Crippen LogP contribution in [0.25, 0.3) is 0 Å². The fourth-order valence-corrected chi connectivity index (χ4v) is 2.48. The molecule has 0 spiro atoms. The van der Waals surface area contributed by atoms with Gasteiger partial charge < -0.3 is 5.11 Å². The third-order valence-electron chi connectivity index (χ3n) is 4.06. The van der Waals surface area contributed by atoms with Crippen LogP contribution in [0.4, 0.5) is 65.9 Å². The molecule has 28 heavy (non-hydrogen) atoms. The highest BCUT2D eigenvalue weighted by Gasteiger charge is 3.01. The van der Waals surface area contributed by atoms with E-state index in [1.807, 2.05) is 0 Å². The van der Waals surface area contributed by atoms with Crippen LogP contribution in [0.3, 0.4) is 0 Å². The van der Waals surface area contributed by atoms with Crippen molar-refractivity contribution >= 4 is 0 Å². The summed E-state index contributed by atoms with van der Waals surface area (Å²) in [6, 6.07) is 0. The predicted molar refractivity (Wildman–Crippen MR) is 54.9 cm³/mol. The lowest BCUT2D eigenvalue weighted by Crippen LogP contribution is -2.83. The second kappa shape index (κ2) is 5.38. The molecule has 160 valence electrons. The molecule has 0 radical (unpaired) electrons. The molecule has 16 heteroatoms. The Bertz CT molecular complexity index is 783. The number of rotatable bonds is 1. The van der Waals surface area contributed by atoms with Gasteiger partial charge in [0.1, 0.15) is 0 Å². The van der Waals surface area contributed by atoms with Gasteiger partial charge >= 0.3 is 29.6 Å². The average molecular weight is 446 g/mol. The molecule has 0 amide bonds. The molecule has 0 atom stereocenters. The molecule has 1 aliphatic rings. The van der Waals surface area contributed by atoms with Crippen molar-refractivity contribution in [1.82, 2.24) is 0 Å². The van der Waals surface area contributed by atoms with E-state index in [1.54, 1.807) is 0 Å². The lowest BCUT2D eigenvalue weighted by atomic mass is 9.67. The van der Waals surface area contributed by atoms with Crippen LogP contribution in [0.1, 0.15) is 5.56 Å². The van der Waals surface area contributed by atoms with Gasteiger partial charge in [0.25, 0.3) is 0 Å². The average Bonchev–Trinajstić information content (AvgIpc) is 2.56. The molecule has 1 aromatic rings. The summed E-state index contributed by atoms with van der Waals surface area (Å²) >= 11 is 0. The van der Waals surface area contributed by atoms with E-state index in [9.17, 15) is 71.0 Å². The first-order valence-corrected chi connectivity index (χ1v) is 6.31. The van der Waals surface area contributed by atoms with Gasteiger partial charge in [-0.25, -0.2) is 22.0 Å². The van der Waals surface area contributed by atoms with Crippen LogP contribution in [-0.2, 0) is 5.60 Å². The molecular formula is C12HF15O. The minimum atomic E-state index is -7.65. The Hall–Kier alpha value is -1.87. The maximum absolute atomic E-state index is 13.8. The fourth-order valence-electron chi connectivity index (χ4n) is 2.48. The summed E-state index contributed by atoms with van der Waals surface area (Å²) in [6.45, 7) is 0. The van der Waals surface area contributed by atoms with E-state index in [1.165, 1.54) is 0 Å². The number of hydrogen-bond acceptors (Lipinski definition) is 1. The van der Waals surface area contributed by atoms with Gasteiger partial charge in [-0.1, -0.05) is 0 Å². The Labute approximate surface area is 142 Å². The maximum atomic E-state index is 13.8. The fraction of sp³-hybridized carbons (Fsp3) is 0.500. The largest absolute Gasteiger partial charge is 0.384 e. The maximum Gasteiger partial charge on any atom is 0.384 e. The Morgan fingerprint density at radius 3 is 0.893 bits per heavy atom. The van der Waals surface area contributed by atoms with Crippen molar-refractivity contribution in [2.24, 2.45) is 0 Å². The van der Waals surface area contributed by atoms with Crippen LogP contribution in [-0.4, -0.2) is 34.7 Å². The zero-order valence-corrected chi connectivity index (χ0v) is 12.1. The SMILES string of the molecule is OC1(c2c(F)c(F)c(F)c(F)c2F)C(F)(F)C(F)(F)C(F)(F)C(F)(F)C1(F)F. The van der Waals surface area contributed by atoms with Gasteiger partial charge in [0.15, 0.2) is 23.3 Å². The van der Waals surface area contributed by atoms with Gasteiger partial charge in [-0.2, -0.15) is 43.9 Å². The smallest absolute Gasteiger partial charge is 0.373 e. The Kier molecular flexibility index (Phi) is 4.31. The van der Waals surface area contributed by atoms with E-state index in [2.05, 4.69) is 0 Å². The van der Waals surface area contributed by atoms with E-state index in [4.69, 9.17) is 0 Å². The highest BCUT2D eigenvalue weighted by Crippen LogP contribution is 2.71. The zero-order chi connectivity index (χ0) is 22.5. The molecular weight excluding hydrogens is 445 g/mol. The second-order valence-electron chi connectivity index (χ2n) is 5.53. The van der Waals surface area contributed by atoms with Crippen LogP contribution < -0.4 is 0 Å². The summed E-state index contributed by atoms with van der Waals surface area (Å²) in [5.41, 5.74) is -11.0. The number of hydrogen-bond donors (Lipinski definition) is 1. The van der Waals surface area contributed by atoms with E-state index >= 15 is 0 Å². The van der Waals surface area contributed by atoms with Crippen molar-refractivity contribution in [3.05, 3.63) is 34.6 Å². The van der Waals surface area contributed by atoms with Gasteiger partial charge in [0, 0.05) is 0 Å². The lowest BCUT2D eigenvalue weighted by molar-refractivity contribution is -0.501. The normalized spacial score (nSPS) is 26.1. The molecule has 2 rings (SSSR count). The molecule has 1 nitrogen and oxygen atoms in total. The van der Waals surface area contributed by atoms with E-state index in [-0.39, 0.29) is 0 Å². The number of halogens is 15. The molecule has 0 aliphatic heterocycles. The molecule has 1 N–H and O–H groups in total. The van der Waals surface area contributed by atoms with Crippen molar-refractivity contribution in [2.75, 3.05) is 0 Å². The van der Waals surface area contributed by atoms with Crippen molar-refractivity contribution < 1.29 is 71.0 Å². The predicted octanol–water partition coefficient (Wildman–Crippen LogP) is 4.76. The standard InChI is InChI=1S/C12HF15O/c13-2-1(3(14)5(16)6(17)4(2)15)7(28)8(18,19)10(22,23)12(26,27)11(24,25)9(7,20)21/h28H. The molecule has 0 unspecified atom stereocenters. The molecule has 1 saturated carbocycles. The Morgan fingerprint density at radius 1 is 0.393 bits per heavy atom. The van der Waals surface area contributed by atoms with Crippen LogP contribution in [0, 0.1) is 29.1 Å². The first-order chi connectivity index (χ1) is 12.2. The van der Waals surface area contributed by atoms with Gasteiger partial charge in [0.05, 0.1) is 5.56 Å². The van der Waals surface area contributed by atoms with Crippen LogP contribution in [0.5, 0.6) is 0 Å². The minimum Gasteiger partial charge on any atom is -0.373 e.